The van der Waals surface area contributed by atoms with Gasteiger partial charge in [0, 0.05) is 11.7 Å². The zero-order chi connectivity index (χ0) is 15.2. The Hall–Kier alpha value is -2.49. The van der Waals surface area contributed by atoms with Gasteiger partial charge < -0.3 is 15.2 Å². The minimum Gasteiger partial charge on any atom is -0.508 e. The lowest BCUT2D eigenvalue weighted by Gasteiger charge is -2.18. The molecule has 0 amide bonds. The number of benzene rings is 2. The maximum atomic E-state index is 11.9. The van der Waals surface area contributed by atoms with Crippen molar-refractivity contribution in [3.63, 3.8) is 0 Å². The van der Waals surface area contributed by atoms with Gasteiger partial charge in [-0.2, -0.15) is 0 Å². The summed E-state index contributed by atoms with van der Waals surface area (Å²) in [6.45, 7) is 4.09. The van der Waals surface area contributed by atoms with Gasteiger partial charge in [-0.1, -0.05) is 24.3 Å². The summed E-state index contributed by atoms with van der Waals surface area (Å²) < 4.78 is 5.06. The number of phenols is 1. The predicted octanol–water partition coefficient (Wildman–Crippen LogP) is 3.74. The first-order chi connectivity index (χ1) is 10.1. The van der Waals surface area contributed by atoms with E-state index in [1.807, 2.05) is 25.1 Å². The van der Waals surface area contributed by atoms with Crippen LogP contribution >= 0.6 is 0 Å². The van der Waals surface area contributed by atoms with Crippen LogP contribution in [0.25, 0.3) is 0 Å². The lowest BCUT2D eigenvalue weighted by Crippen LogP contribution is -2.12. The number of carbonyl (C=O) groups excluding carboxylic acids is 1. The van der Waals surface area contributed by atoms with Crippen molar-refractivity contribution >= 4 is 11.7 Å². The smallest absolute Gasteiger partial charge is 0.340 e. The summed E-state index contributed by atoms with van der Waals surface area (Å²) in [4.78, 5) is 11.9. The lowest BCUT2D eigenvalue weighted by atomic mass is 10.1. The van der Waals surface area contributed by atoms with Gasteiger partial charge in [-0.3, -0.25) is 0 Å². The van der Waals surface area contributed by atoms with E-state index in [0.717, 1.165) is 5.56 Å². The van der Waals surface area contributed by atoms with E-state index in [-0.39, 0.29) is 17.8 Å². The van der Waals surface area contributed by atoms with Crippen LogP contribution in [0.1, 0.15) is 35.8 Å². The normalized spacial score (nSPS) is 11.7. The number of para-hydroxylation sites is 1. The first kappa shape index (κ1) is 14.9. The van der Waals surface area contributed by atoms with Gasteiger partial charge in [0.15, 0.2) is 0 Å². The van der Waals surface area contributed by atoms with Crippen LogP contribution in [0.2, 0.25) is 0 Å². The molecule has 0 fully saturated rings. The van der Waals surface area contributed by atoms with Crippen molar-refractivity contribution in [1.29, 1.82) is 0 Å². The largest absolute Gasteiger partial charge is 0.508 e. The van der Waals surface area contributed by atoms with Gasteiger partial charge in [0.25, 0.3) is 0 Å². The van der Waals surface area contributed by atoms with Crippen molar-refractivity contribution in [2.24, 2.45) is 0 Å². The molecule has 0 saturated carbocycles. The number of hydrogen-bond donors (Lipinski definition) is 2. The quantitative estimate of drug-likeness (QED) is 0.822. The van der Waals surface area contributed by atoms with Gasteiger partial charge in [-0.05, 0) is 43.7 Å². The highest BCUT2D eigenvalue weighted by Crippen LogP contribution is 2.24. The molecule has 0 saturated heterocycles. The highest BCUT2D eigenvalue weighted by molar-refractivity contribution is 5.95. The van der Waals surface area contributed by atoms with E-state index in [2.05, 4.69) is 5.32 Å². The summed E-state index contributed by atoms with van der Waals surface area (Å²) in [6, 6.07) is 14.2. The number of rotatable bonds is 5. The Bertz CT molecular complexity index is 625. The Balaban J connectivity index is 2.21. The van der Waals surface area contributed by atoms with Crippen LogP contribution in [0.3, 0.4) is 0 Å². The maximum absolute atomic E-state index is 11.9. The number of esters is 1. The van der Waals surface area contributed by atoms with Crippen LogP contribution in [0.15, 0.2) is 48.5 Å². The summed E-state index contributed by atoms with van der Waals surface area (Å²) in [6.07, 6.45) is 0. The molecule has 0 aliphatic carbocycles. The first-order valence-electron chi connectivity index (χ1n) is 6.93. The predicted molar refractivity (Wildman–Crippen MR) is 82.5 cm³/mol. The first-order valence-corrected chi connectivity index (χ1v) is 6.93. The molecular formula is C17H19NO3. The molecule has 0 aliphatic rings. The summed E-state index contributed by atoms with van der Waals surface area (Å²) in [7, 11) is 0. The summed E-state index contributed by atoms with van der Waals surface area (Å²) in [5.74, 6) is -0.122. The SMILES string of the molecule is CCOC(=O)c1ccccc1NC(C)c1cccc(O)c1. The fourth-order valence-electron chi connectivity index (χ4n) is 2.11. The van der Waals surface area contributed by atoms with E-state index >= 15 is 0 Å². The van der Waals surface area contributed by atoms with E-state index < -0.39 is 0 Å². The van der Waals surface area contributed by atoms with Crippen LogP contribution in [-0.4, -0.2) is 17.7 Å². The molecule has 21 heavy (non-hydrogen) atoms. The van der Waals surface area contributed by atoms with E-state index in [1.165, 1.54) is 0 Å². The molecule has 0 aliphatic heterocycles. The van der Waals surface area contributed by atoms with Crippen molar-refractivity contribution < 1.29 is 14.6 Å². The van der Waals surface area contributed by atoms with E-state index in [9.17, 15) is 9.90 Å². The molecule has 0 spiro atoms. The second-order valence-electron chi connectivity index (χ2n) is 4.73. The zero-order valence-corrected chi connectivity index (χ0v) is 12.2. The second-order valence-corrected chi connectivity index (χ2v) is 4.73. The van der Waals surface area contributed by atoms with Crippen LogP contribution in [0.5, 0.6) is 5.75 Å². The van der Waals surface area contributed by atoms with Gasteiger partial charge >= 0.3 is 5.97 Å². The number of anilines is 1. The maximum Gasteiger partial charge on any atom is 0.340 e. The number of phenolic OH excluding ortho intramolecular Hbond substituents is 1. The van der Waals surface area contributed by atoms with E-state index in [1.54, 1.807) is 37.3 Å². The molecule has 0 aromatic heterocycles. The third-order valence-electron chi connectivity index (χ3n) is 3.16. The minimum atomic E-state index is -0.344. The minimum absolute atomic E-state index is 0.0484. The van der Waals surface area contributed by atoms with Gasteiger partial charge in [-0.15, -0.1) is 0 Å². The van der Waals surface area contributed by atoms with Gasteiger partial charge in [0.1, 0.15) is 5.75 Å². The molecule has 4 nitrogen and oxygen atoms in total. The zero-order valence-electron chi connectivity index (χ0n) is 12.2. The number of hydrogen-bond acceptors (Lipinski definition) is 4. The Morgan fingerprint density at radius 2 is 2.00 bits per heavy atom. The molecule has 1 unspecified atom stereocenters. The summed E-state index contributed by atoms with van der Waals surface area (Å²) >= 11 is 0. The number of ether oxygens (including phenoxy) is 1. The second kappa shape index (κ2) is 6.79. The van der Waals surface area contributed by atoms with Gasteiger partial charge in [-0.25, -0.2) is 4.79 Å². The van der Waals surface area contributed by atoms with Crippen LogP contribution in [0.4, 0.5) is 5.69 Å². The van der Waals surface area contributed by atoms with Crippen molar-refractivity contribution in [1.82, 2.24) is 0 Å². The summed E-state index contributed by atoms with van der Waals surface area (Å²) in [5.41, 5.74) is 2.16. The van der Waals surface area contributed by atoms with Crippen LogP contribution in [0, 0.1) is 0 Å². The molecule has 1 atom stereocenters. The van der Waals surface area contributed by atoms with Gasteiger partial charge in [0.2, 0.25) is 0 Å². The topological polar surface area (TPSA) is 58.6 Å². The highest BCUT2D eigenvalue weighted by atomic mass is 16.5. The Morgan fingerprint density at radius 1 is 1.24 bits per heavy atom. The molecule has 110 valence electrons. The highest BCUT2D eigenvalue weighted by Gasteiger charge is 2.14. The fraction of sp³-hybridized carbons (Fsp3) is 0.235. The lowest BCUT2D eigenvalue weighted by molar-refractivity contribution is 0.0527. The third kappa shape index (κ3) is 3.75. The average Bonchev–Trinajstić information content (AvgIpc) is 2.48. The molecule has 4 heteroatoms. The molecule has 0 bridgehead atoms. The molecule has 2 rings (SSSR count). The molecule has 0 heterocycles. The average molecular weight is 285 g/mol. The molecule has 0 radical (unpaired) electrons. The fourth-order valence-corrected chi connectivity index (χ4v) is 2.11. The number of nitrogens with one attached hydrogen (secondary N) is 1. The van der Waals surface area contributed by atoms with Crippen LogP contribution < -0.4 is 5.32 Å². The number of carbonyl (C=O) groups is 1. The van der Waals surface area contributed by atoms with Crippen LogP contribution in [-0.2, 0) is 4.74 Å². The number of aromatic hydroxyl groups is 1. The van der Waals surface area contributed by atoms with Crippen molar-refractivity contribution in [2.75, 3.05) is 11.9 Å². The third-order valence-corrected chi connectivity index (χ3v) is 3.16. The van der Waals surface area contributed by atoms with Crippen molar-refractivity contribution in [2.45, 2.75) is 19.9 Å². The Morgan fingerprint density at radius 3 is 2.71 bits per heavy atom. The van der Waals surface area contributed by atoms with E-state index in [0.29, 0.717) is 17.9 Å². The standard InChI is InChI=1S/C17H19NO3/c1-3-21-17(20)15-9-4-5-10-16(15)18-12(2)13-7-6-8-14(19)11-13/h4-12,18-19H,3H2,1-2H3. The molecule has 2 aromatic carbocycles. The van der Waals surface area contributed by atoms with E-state index in [4.69, 9.17) is 4.74 Å². The Labute approximate surface area is 124 Å². The van der Waals surface area contributed by atoms with Gasteiger partial charge in [0.05, 0.1) is 12.2 Å². The molecule has 2 N–H and O–H groups in total. The van der Waals surface area contributed by atoms with Crippen molar-refractivity contribution in [3.8, 4) is 5.75 Å². The van der Waals surface area contributed by atoms with Crippen molar-refractivity contribution in [3.05, 3.63) is 59.7 Å². The Kier molecular flexibility index (Phi) is 4.82. The molecule has 2 aromatic rings. The summed E-state index contributed by atoms with van der Waals surface area (Å²) in [5, 5.41) is 12.8. The monoisotopic (exact) mass is 285 g/mol. The molecular weight excluding hydrogens is 266 g/mol.